The molecule has 4 rings (SSSR count). The third kappa shape index (κ3) is 3.43. The number of hydrogen-bond acceptors (Lipinski definition) is 4. The molecule has 6 heteroatoms. The summed E-state index contributed by atoms with van der Waals surface area (Å²) in [7, 11) is 0. The number of amides is 2. The Morgan fingerprint density at radius 3 is 2.89 bits per heavy atom. The molecule has 0 spiro atoms. The van der Waals surface area contributed by atoms with Gasteiger partial charge in [0.05, 0.1) is 5.92 Å². The lowest BCUT2D eigenvalue weighted by Gasteiger charge is -2.16. The average molecular weight is 363 g/mol. The second-order valence-electron chi connectivity index (χ2n) is 6.93. The minimum absolute atomic E-state index is 0.0504. The van der Waals surface area contributed by atoms with Crippen molar-refractivity contribution in [3.05, 3.63) is 59.5 Å². The summed E-state index contributed by atoms with van der Waals surface area (Å²) in [6.45, 7) is 4.65. The number of anilines is 1. The molecule has 1 atom stereocenters. The molecule has 6 nitrogen and oxygen atoms in total. The summed E-state index contributed by atoms with van der Waals surface area (Å²) in [4.78, 5) is 31.0. The number of benzene rings is 2. The zero-order valence-electron chi connectivity index (χ0n) is 15.4. The Kier molecular flexibility index (Phi) is 4.39. The van der Waals surface area contributed by atoms with Crippen molar-refractivity contribution < 1.29 is 14.0 Å². The molecule has 1 fully saturated rings. The van der Waals surface area contributed by atoms with E-state index in [-0.39, 0.29) is 24.2 Å². The van der Waals surface area contributed by atoms with E-state index in [9.17, 15) is 9.59 Å². The highest BCUT2D eigenvalue weighted by molar-refractivity contribution is 6.01. The normalized spacial score (nSPS) is 16.9. The fourth-order valence-electron chi connectivity index (χ4n) is 3.47. The molecule has 1 aromatic heterocycles. The van der Waals surface area contributed by atoms with Crippen molar-refractivity contribution in [3.63, 3.8) is 0 Å². The van der Waals surface area contributed by atoms with Crippen molar-refractivity contribution >= 4 is 28.6 Å². The van der Waals surface area contributed by atoms with Crippen molar-refractivity contribution in [2.24, 2.45) is 5.92 Å². The summed E-state index contributed by atoms with van der Waals surface area (Å²) in [5.74, 6) is 0.0951. The number of carbonyl (C=O) groups is 2. The van der Waals surface area contributed by atoms with E-state index in [4.69, 9.17) is 4.42 Å². The average Bonchev–Trinajstić information content (AvgIpc) is 3.21. The van der Waals surface area contributed by atoms with Gasteiger partial charge in [-0.2, -0.15) is 0 Å². The number of aromatic nitrogens is 1. The highest BCUT2D eigenvalue weighted by Gasteiger charge is 2.35. The summed E-state index contributed by atoms with van der Waals surface area (Å²) in [6, 6.07) is 13.4. The molecule has 1 N–H and O–H groups in total. The second kappa shape index (κ2) is 6.87. The van der Waals surface area contributed by atoms with Crippen LogP contribution in [0, 0.1) is 19.8 Å². The molecule has 0 unspecified atom stereocenters. The molecule has 0 saturated carbocycles. The predicted molar refractivity (Wildman–Crippen MR) is 102 cm³/mol. The van der Waals surface area contributed by atoms with Gasteiger partial charge in [-0.25, -0.2) is 4.98 Å². The van der Waals surface area contributed by atoms with Gasteiger partial charge in [-0.15, -0.1) is 0 Å². The number of hydrogen-bond donors (Lipinski definition) is 1. The molecule has 1 aliphatic heterocycles. The van der Waals surface area contributed by atoms with Crippen LogP contribution < -0.4 is 10.2 Å². The minimum Gasteiger partial charge on any atom is -0.441 e. The number of carbonyl (C=O) groups excluding carboxylic acids is 2. The summed E-state index contributed by atoms with van der Waals surface area (Å²) in [5.41, 5.74) is 4.37. The number of nitrogens with zero attached hydrogens (tertiary/aromatic N) is 2. The first-order valence-corrected chi connectivity index (χ1v) is 9.01. The third-order valence-corrected chi connectivity index (χ3v) is 5.00. The molecule has 138 valence electrons. The van der Waals surface area contributed by atoms with E-state index < -0.39 is 0 Å². The van der Waals surface area contributed by atoms with Crippen LogP contribution in [0.15, 0.2) is 46.9 Å². The topological polar surface area (TPSA) is 75.4 Å². The summed E-state index contributed by atoms with van der Waals surface area (Å²) >= 11 is 0. The van der Waals surface area contributed by atoms with E-state index in [0.717, 1.165) is 16.8 Å². The van der Waals surface area contributed by atoms with Crippen LogP contribution in [-0.4, -0.2) is 23.3 Å². The van der Waals surface area contributed by atoms with Crippen LogP contribution in [0.4, 0.5) is 5.69 Å². The van der Waals surface area contributed by atoms with Crippen molar-refractivity contribution in [2.45, 2.75) is 26.8 Å². The Labute approximate surface area is 157 Å². The Bertz CT molecular complexity index is 1020. The molecular formula is C21H21N3O3. The Morgan fingerprint density at radius 1 is 1.26 bits per heavy atom. The third-order valence-electron chi connectivity index (χ3n) is 5.00. The molecule has 3 aromatic rings. The van der Waals surface area contributed by atoms with E-state index in [0.29, 0.717) is 30.1 Å². The van der Waals surface area contributed by atoms with E-state index in [1.54, 1.807) is 11.8 Å². The van der Waals surface area contributed by atoms with Gasteiger partial charge in [-0.3, -0.25) is 9.59 Å². The first-order valence-electron chi connectivity index (χ1n) is 9.01. The van der Waals surface area contributed by atoms with Crippen molar-refractivity contribution in [3.8, 4) is 0 Å². The second-order valence-corrected chi connectivity index (χ2v) is 6.93. The maximum Gasteiger partial charge on any atom is 0.227 e. The highest BCUT2D eigenvalue weighted by atomic mass is 16.3. The van der Waals surface area contributed by atoms with E-state index in [2.05, 4.69) is 10.3 Å². The first-order chi connectivity index (χ1) is 13.0. The van der Waals surface area contributed by atoms with Gasteiger partial charge < -0.3 is 14.6 Å². The molecule has 0 radical (unpaired) electrons. The zero-order chi connectivity index (χ0) is 19.0. The van der Waals surface area contributed by atoms with E-state index in [1.807, 2.05) is 49.4 Å². The molecule has 2 amide bonds. The van der Waals surface area contributed by atoms with Gasteiger partial charge in [0.15, 0.2) is 11.5 Å². The van der Waals surface area contributed by atoms with Gasteiger partial charge in [-0.1, -0.05) is 24.3 Å². The van der Waals surface area contributed by atoms with Crippen LogP contribution in [0.5, 0.6) is 0 Å². The molecule has 1 saturated heterocycles. The molecule has 0 bridgehead atoms. The van der Waals surface area contributed by atoms with E-state index >= 15 is 0 Å². The molecule has 27 heavy (non-hydrogen) atoms. The molecular weight excluding hydrogens is 342 g/mol. The van der Waals surface area contributed by atoms with Crippen LogP contribution in [0.2, 0.25) is 0 Å². The predicted octanol–water partition coefficient (Wildman–Crippen LogP) is 3.11. The Hall–Kier alpha value is -3.15. The van der Waals surface area contributed by atoms with Gasteiger partial charge in [0, 0.05) is 32.1 Å². The number of rotatable bonds is 4. The summed E-state index contributed by atoms with van der Waals surface area (Å²) in [5, 5.41) is 2.96. The van der Waals surface area contributed by atoms with Crippen LogP contribution in [-0.2, 0) is 16.1 Å². The van der Waals surface area contributed by atoms with Crippen LogP contribution in [0.25, 0.3) is 11.1 Å². The van der Waals surface area contributed by atoms with Crippen molar-refractivity contribution in [2.75, 3.05) is 11.4 Å². The molecule has 2 aromatic carbocycles. The van der Waals surface area contributed by atoms with E-state index in [1.165, 1.54) is 0 Å². The zero-order valence-corrected chi connectivity index (χ0v) is 15.4. The summed E-state index contributed by atoms with van der Waals surface area (Å²) in [6.07, 6.45) is 0.218. The SMILES string of the molecule is Cc1nc2cc(N3C[C@H](C(=O)NCc4ccccc4C)CC3=O)ccc2o1. The maximum atomic E-state index is 12.6. The Balaban J connectivity index is 1.44. The lowest BCUT2D eigenvalue weighted by Crippen LogP contribution is -2.32. The quantitative estimate of drug-likeness (QED) is 0.773. The van der Waals surface area contributed by atoms with Crippen LogP contribution in [0.3, 0.4) is 0 Å². The monoisotopic (exact) mass is 363 g/mol. The molecule has 0 aliphatic carbocycles. The van der Waals surface area contributed by atoms with Crippen LogP contribution in [0.1, 0.15) is 23.4 Å². The van der Waals surface area contributed by atoms with Gasteiger partial charge in [0.25, 0.3) is 0 Å². The highest BCUT2D eigenvalue weighted by Crippen LogP contribution is 2.28. The maximum absolute atomic E-state index is 12.6. The molecule has 1 aliphatic rings. The van der Waals surface area contributed by atoms with Gasteiger partial charge in [0.2, 0.25) is 11.8 Å². The van der Waals surface area contributed by atoms with Crippen molar-refractivity contribution in [1.29, 1.82) is 0 Å². The van der Waals surface area contributed by atoms with Gasteiger partial charge in [-0.05, 0) is 36.2 Å². The number of oxazole rings is 1. The fraction of sp³-hybridized carbons (Fsp3) is 0.286. The van der Waals surface area contributed by atoms with Crippen LogP contribution >= 0.6 is 0 Å². The Morgan fingerprint density at radius 2 is 2.07 bits per heavy atom. The van der Waals surface area contributed by atoms with Crippen molar-refractivity contribution in [1.82, 2.24) is 10.3 Å². The van der Waals surface area contributed by atoms with Gasteiger partial charge in [0.1, 0.15) is 5.52 Å². The number of fused-ring (bicyclic) bond motifs is 1. The lowest BCUT2D eigenvalue weighted by atomic mass is 10.1. The first kappa shape index (κ1) is 17.3. The smallest absolute Gasteiger partial charge is 0.227 e. The summed E-state index contributed by atoms with van der Waals surface area (Å²) < 4.78 is 5.48. The number of nitrogens with one attached hydrogen (secondary N) is 1. The lowest BCUT2D eigenvalue weighted by molar-refractivity contribution is -0.126. The standard InChI is InChI=1S/C21H21N3O3/c1-13-5-3-4-6-15(13)11-22-21(26)16-9-20(25)24(12-16)17-7-8-19-18(10-17)23-14(2)27-19/h3-8,10,16H,9,11-12H2,1-2H3,(H,22,26)/t16-/m1/s1. The largest absolute Gasteiger partial charge is 0.441 e. The van der Waals surface area contributed by atoms with Gasteiger partial charge >= 0.3 is 0 Å². The molecule has 2 heterocycles. The fourth-order valence-corrected chi connectivity index (χ4v) is 3.47. The minimum atomic E-state index is -0.351. The number of aryl methyl sites for hydroxylation is 2.